The number of ether oxygens (including phenoxy) is 10. The van der Waals surface area contributed by atoms with Crippen molar-refractivity contribution in [1.82, 2.24) is 10.6 Å². The quantitative estimate of drug-likeness (QED) is 0.0421. The first-order valence-corrected chi connectivity index (χ1v) is 37.4. The highest BCUT2D eigenvalue weighted by Crippen LogP contribution is 2.51. The third kappa shape index (κ3) is 15.7. The lowest BCUT2D eigenvalue weighted by molar-refractivity contribution is -0.425. The van der Waals surface area contributed by atoms with Crippen LogP contribution in [0.2, 0.25) is 0 Å². The Morgan fingerprint density at radius 3 is 1.79 bits per heavy atom. The molecule has 12 saturated heterocycles. The molecule has 572 valence electrons. The number of nitrogens with zero attached hydrogens (tertiary/aromatic N) is 2. The summed E-state index contributed by atoms with van der Waals surface area (Å²) >= 11 is 0. The fourth-order valence-electron chi connectivity index (χ4n) is 17.2. The van der Waals surface area contributed by atoms with Gasteiger partial charge in [-0.1, -0.05) is 80.6 Å². The number of rotatable bonds is 21. The number of aliphatic hydroxyl groups excluding tert-OH is 10. The van der Waals surface area contributed by atoms with Crippen molar-refractivity contribution < 1.29 is 113 Å². The van der Waals surface area contributed by atoms with Crippen molar-refractivity contribution in [3.63, 3.8) is 0 Å². The minimum absolute atomic E-state index is 0.00894. The SMILES string of the molecule is CC1=C(/C=C/C2=[N+](CC(=O)NCCCO[C@H]3C4OC5[C@@H](CO)OC(CCCOC([C@@H](CO)O4)[C@@H]3O)[C@H](O)[C@H]5O)c3ccc4ccccc4c3C2(C)C)CCC/C1=C\C=C1\N(CC(=O)NCCCO[C@H]2C3CCCOC4[C@@H](CO)OC(OC([C@@H](CO)O3)[C@@H]2O)[C@H](O)[C@H]4O)c2ccc3ccccc3c2C1(C)C. The zero-order valence-electron chi connectivity index (χ0n) is 60.4. The van der Waals surface area contributed by atoms with Crippen LogP contribution in [-0.4, -0.2) is 275 Å². The summed E-state index contributed by atoms with van der Waals surface area (Å²) in [7, 11) is 0. The third-order valence-corrected chi connectivity index (χ3v) is 22.7. The standard InChI is InChI=1S/C79H104N4O22/c1-43-44(25-29-58-78(2,3)62-48-19-8-6-15-46(48)23-27-50(62)82(58)37-60(88)80-31-13-35-98-70-53-22-12-34-96-71-54(39-84)102-76(67(93)66(71)92)104-74(68(70)94)57(42-87)101-53)17-10-18-45(43)26-30-59-79(4,5)63-49-20-9-7-16-47(49)24-28-51(63)83(59)38-61(89)81-32-14-36-99-75-69(95)72-55(40-85)103-77(75)105-73-56(41-86)100-52(21-11-33-97-72)64(90)65(73)91/h6-9,15-16,19-20,23-30,52-57,64-77,84-87,90-95H,10-14,17-18,21-22,31-42H2,1-5H3,(H-,80,81,88,89)/p+1/t52?,53?,54-,55-,56-,57-,64+,65-,66-,67-,68-,69+,70+,71?,72?,73?,74?,75-,76?,77?/m1/s1. The van der Waals surface area contributed by atoms with Crippen molar-refractivity contribution in [2.75, 3.05) is 83.9 Å². The maximum absolute atomic E-state index is 14.3. The van der Waals surface area contributed by atoms with E-state index in [0.29, 0.717) is 38.5 Å². The number of amides is 2. The molecule has 20 atom stereocenters. The molecule has 105 heavy (non-hydrogen) atoms. The maximum atomic E-state index is 14.3. The van der Waals surface area contributed by atoms with E-state index in [0.717, 1.165) is 80.3 Å². The number of hydrogen-bond donors (Lipinski definition) is 12. The molecule has 4 aromatic carbocycles. The Morgan fingerprint density at radius 1 is 0.562 bits per heavy atom. The van der Waals surface area contributed by atoms with Crippen LogP contribution in [0.5, 0.6) is 0 Å². The van der Waals surface area contributed by atoms with Crippen molar-refractivity contribution in [3.8, 4) is 0 Å². The highest BCUT2D eigenvalue weighted by molar-refractivity contribution is 6.08. The Labute approximate surface area is 611 Å². The summed E-state index contributed by atoms with van der Waals surface area (Å²) in [6.45, 7) is 9.71. The van der Waals surface area contributed by atoms with Gasteiger partial charge in [0.2, 0.25) is 18.1 Å². The molecule has 12 N–H and O–H groups in total. The predicted molar refractivity (Wildman–Crippen MR) is 384 cm³/mol. The average Bonchev–Trinajstić information content (AvgIpc) is 1.59. The minimum atomic E-state index is -1.60. The normalized spacial score (nSPS) is 34.8. The number of fused-ring (bicyclic) bond motifs is 6. The van der Waals surface area contributed by atoms with Crippen molar-refractivity contribution in [3.05, 3.63) is 131 Å². The monoisotopic (exact) mass is 1460 g/mol. The lowest BCUT2D eigenvalue weighted by Crippen LogP contribution is -2.65. The molecule has 26 nitrogen and oxygen atoms in total. The van der Waals surface area contributed by atoms with Gasteiger partial charge < -0.3 is 114 Å². The second kappa shape index (κ2) is 33.4. The average molecular weight is 1460 g/mol. The van der Waals surface area contributed by atoms with Crippen LogP contribution < -0.4 is 15.5 Å². The summed E-state index contributed by atoms with van der Waals surface area (Å²) in [6.07, 6.45) is -10.3. The van der Waals surface area contributed by atoms with Crippen LogP contribution in [0.25, 0.3) is 21.5 Å². The molecular formula is C79H105N4O22+. The van der Waals surface area contributed by atoms with Gasteiger partial charge >= 0.3 is 0 Å². The molecule has 14 heterocycles. The molecule has 0 radical (unpaired) electrons. The highest BCUT2D eigenvalue weighted by atomic mass is 16.7. The number of benzene rings is 4. The number of allylic oxidation sites excluding steroid dienone is 8. The molecule has 1 aliphatic carbocycles. The number of anilines is 1. The lowest BCUT2D eigenvalue weighted by Gasteiger charge is -2.47. The molecule has 0 aromatic heterocycles. The van der Waals surface area contributed by atoms with E-state index in [-0.39, 0.29) is 64.4 Å². The Bertz CT molecular complexity index is 3890. The Morgan fingerprint density at radius 2 is 1.11 bits per heavy atom. The summed E-state index contributed by atoms with van der Waals surface area (Å²) in [6, 6.07) is 24.9. The highest BCUT2D eigenvalue weighted by Gasteiger charge is 2.55. The van der Waals surface area contributed by atoms with Crippen LogP contribution in [0, 0.1) is 0 Å². The molecule has 0 spiro atoms. The van der Waals surface area contributed by atoms with E-state index >= 15 is 0 Å². The van der Waals surface area contributed by atoms with E-state index in [9.17, 15) is 60.7 Å². The maximum Gasteiger partial charge on any atom is 0.286 e. The first-order chi connectivity index (χ1) is 50.7. The molecule has 12 fully saturated rings. The molecule has 8 unspecified atom stereocenters. The minimum Gasteiger partial charge on any atom is -0.394 e. The van der Waals surface area contributed by atoms with Crippen molar-refractivity contribution in [2.24, 2.45) is 0 Å². The zero-order valence-corrected chi connectivity index (χ0v) is 60.4. The second-order valence-corrected chi connectivity index (χ2v) is 30.2. The fourth-order valence-corrected chi connectivity index (χ4v) is 17.2. The van der Waals surface area contributed by atoms with Crippen LogP contribution in [0.3, 0.4) is 0 Å². The van der Waals surface area contributed by atoms with Gasteiger partial charge in [0.25, 0.3) is 5.91 Å². The van der Waals surface area contributed by atoms with Gasteiger partial charge in [-0.2, -0.15) is 4.58 Å². The van der Waals surface area contributed by atoms with E-state index in [1.54, 1.807) is 0 Å². The Hall–Kier alpha value is -6.03. The fraction of sp³-hybridized carbons (Fsp3) is 0.608. The van der Waals surface area contributed by atoms with Gasteiger partial charge in [-0.15, -0.1) is 0 Å². The molecule has 2 amide bonds. The van der Waals surface area contributed by atoms with Gasteiger partial charge in [0, 0.05) is 74.0 Å². The Balaban J connectivity index is 0.694. The molecule has 19 rings (SSSR count). The molecule has 14 aliphatic heterocycles. The van der Waals surface area contributed by atoms with Crippen LogP contribution in [-0.2, 0) is 67.8 Å². The third-order valence-electron chi connectivity index (χ3n) is 22.7. The van der Waals surface area contributed by atoms with Gasteiger partial charge in [-0.3, -0.25) is 9.59 Å². The zero-order chi connectivity index (χ0) is 74.0. The van der Waals surface area contributed by atoms with Crippen LogP contribution in [0.4, 0.5) is 11.4 Å². The smallest absolute Gasteiger partial charge is 0.286 e. The van der Waals surface area contributed by atoms with Crippen LogP contribution in [0.15, 0.2) is 120 Å². The van der Waals surface area contributed by atoms with Crippen molar-refractivity contribution in [2.45, 2.75) is 226 Å². The summed E-state index contributed by atoms with van der Waals surface area (Å²) in [5, 5.41) is 119. The second-order valence-electron chi connectivity index (χ2n) is 30.2. The summed E-state index contributed by atoms with van der Waals surface area (Å²) in [4.78, 5) is 30.8. The predicted octanol–water partition coefficient (Wildman–Crippen LogP) is 3.06. The van der Waals surface area contributed by atoms with Gasteiger partial charge in [0.15, 0.2) is 18.3 Å². The first-order valence-electron chi connectivity index (χ1n) is 37.4. The van der Waals surface area contributed by atoms with Gasteiger partial charge in [0.05, 0.1) is 44.1 Å². The molecule has 0 saturated carbocycles. The van der Waals surface area contributed by atoms with Gasteiger partial charge in [-0.25, -0.2) is 0 Å². The van der Waals surface area contributed by atoms with Crippen molar-refractivity contribution >= 4 is 50.4 Å². The Kier molecular flexibility index (Phi) is 24.6. The number of hydrogen-bond acceptors (Lipinski definition) is 23. The topological polar surface area (TPSA) is 359 Å². The lowest BCUT2D eigenvalue weighted by atomic mass is 9.78. The number of carbonyl (C=O) groups excluding carboxylic acids is 2. The number of aliphatic hydroxyl groups is 10. The van der Waals surface area contributed by atoms with E-state index in [1.165, 1.54) is 11.1 Å². The van der Waals surface area contributed by atoms with Crippen molar-refractivity contribution in [1.29, 1.82) is 0 Å². The van der Waals surface area contributed by atoms with E-state index in [1.807, 2.05) is 24.3 Å². The molecule has 15 aliphatic rings. The van der Waals surface area contributed by atoms with Gasteiger partial charge in [0.1, 0.15) is 104 Å². The summed E-state index contributed by atoms with van der Waals surface area (Å²) in [5.74, 6) is -0.435. The van der Waals surface area contributed by atoms with E-state index in [4.69, 9.17) is 47.4 Å². The summed E-state index contributed by atoms with van der Waals surface area (Å²) in [5.41, 5.74) is 8.42. The van der Waals surface area contributed by atoms with Crippen LogP contribution >= 0.6 is 0 Å². The molecule has 8 bridgehead atoms. The number of carbonyl (C=O) groups is 2. The van der Waals surface area contributed by atoms with E-state index in [2.05, 4.69) is 128 Å². The van der Waals surface area contributed by atoms with Gasteiger partial charge in [-0.05, 0) is 141 Å². The van der Waals surface area contributed by atoms with Crippen LogP contribution in [0.1, 0.15) is 104 Å². The molecular weight excluding hydrogens is 1360 g/mol. The molecule has 4 aromatic rings. The summed E-state index contributed by atoms with van der Waals surface area (Å²) < 4.78 is 63.1. The van der Waals surface area contributed by atoms with E-state index < -0.39 is 160 Å². The number of nitrogens with one attached hydrogen (secondary N) is 2. The molecule has 26 heteroatoms. The largest absolute Gasteiger partial charge is 0.394 e. The first kappa shape index (κ1) is 77.1.